The minimum atomic E-state index is 0.544. The molecule has 88 valence electrons. The van der Waals surface area contributed by atoms with Crippen LogP contribution in [0.1, 0.15) is 24.7 Å². The molecule has 0 amide bonds. The molecule has 0 atom stereocenters. The van der Waals surface area contributed by atoms with Gasteiger partial charge >= 0.3 is 0 Å². The normalized spacial score (nSPS) is 10.8. The lowest BCUT2D eigenvalue weighted by Gasteiger charge is -2.18. The Morgan fingerprint density at radius 1 is 1.56 bits per heavy atom. The van der Waals surface area contributed by atoms with Crippen LogP contribution in [-0.2, 0) is 13.6 Å². The van der Waals surface area contributed by atoms with Gasteiger partial charge in [0.05, 0.1) is 22.5 Å². The van der Waals surface area contributed by atoms with Gasteiger partial charge in [-0.2, -0.15) is 10.4 Å². The number of halogens is 1. The highest BCUT2D eigenvalue weighted by molar-refractivity contribution is 6.31. The lowest BCUT2D eigenvalue weighted by Crippen LogP contribution is -2.25. The van der Waals surface area contributed by atoms with Crippen LogP contribution < -0.4 is 0 Å². The highest BCUT2D eigenvalue weighted by Gasteiger charge is 2.13. The molecular weight excluding hydrogens is 224 g/mol. The van der Waals surface area contributed by atoms with Gasteiger partial charge < -0.3 is 0 Å². The van der Waals surface area contributed by atoms with Crippen molar-refractivity contribution in [2.45, 2.75) is 26.8 Å². The zero-order chi connectivity index (χ0) is 12.1. The third kappa shape index (κ3) is 2.97. The largest absolute Gasteiger partial charge is 0.297 e. The zero-order valence-electron chi connectivity index (χ0n) is 10.00. The Morgan fingerprint density at radius 3 is 2.69 bits per heavy atom. The second-order valence-electron chi connectivity index (χ2n) is 3.75. The van der Waals surface area contributed by atoms with Crippen molar-refractivity contribution in [3.8, 4) is 6.07 Å². The number of hydrogen-bond donors (Lipinski definition) is 0. The highest BCUT2D eigenvalue weighted by atomic mass is 35.5. The molecule has 0 radical (unpaired) electrons. The van der Waals surface area contributed by atoms with Crippen LogP contribution in [0.4, 0.5) is 0 Å². The molecule has 1 aromatic heterocycles. The van der Waals surface area contributed by atoms with E-state index in [1.807, 2.05) is 18.7 Å². The van der Waals surface area contributed by atoms with Gasteiger partial charge in [-0.05, 0) is 13.5 Å². The lowest BCUT2D eigenvalue weighted by molar-refractivity contribution is 0.279. The van der Waals surface area contributed by atoms with Gasteiger partial charge in [0.15, 0.2) is 0 Å². The summed E-state index contributed by atoms with van der Waals surface area (Å²) >= 11 is 6.17. The zero-order valence-corrected chi connectivity index (χ0v) is 10.8. The summed E-state index contributed by atoms with van der Waals surface area (Å²) in [5.74, 6) is 0. The number of nitriles is 1. The van der Waals surface area contributed by atoms with Crippen LogP contribution >= 0.6 is 11.6 Å². The molecule has 0 saturated carbocycles. The van der Waals surface area contributed by atoms with Crippen LogP contribution in [-0.4, -0.2) is 27.8 Å². The molecule has 0 unspecified atom stereocenters. The van der Waals surface area contributed by atoms with Crippen molar-refractivity contribution in [3.63, 3.8) is 0 Å². The minimum Gasteiger partial charge on any atom is -0.297 e. The molecule has 0 aliphatic carbocycles. The van der Waals surface area contributed by atoms with E-state index in [0.717, 1.165) is 36.0 Å². The molecule has 0 spiro atoms. The average Bonchev–Trinajstić information content (AvgIpc) is 2.50. The molecule has 0 aliphatic rings. The van der Waals surface area contributed by atoms with Gasteiger partial charge in [-0.25, -0.2) is 0 Å². The van der Waals surface area contributed by atoms with Crippen molar-refractivity contribution in [1.29, 1.82) is 5.26 Å². The first-order valence-electron chi connectivity index (χ1n) is 5.37. The van der Waals surface area contributed by atoms with Gasteiger partial charge in [0, 0.05) is 26.6 Å². The maximum absolute atomic E-state index is 8.57. The number of aryl methyl sites for hydroxylation is 2. The van der Waals surface area contributed by atoms with Gasteiger partial charge in [0.25, 0.3) is 0 Å². The Labute approximate surface area is 101 Å². The molecule has 0 aliphatic heterocycles. The van der Waals surface area contributed by atoms with Crippen molar-refractivity contribution in [1.82, 2.24) is 14.7 Å². The molecule has 4 nitrogen and oxygen atoms in total. The molecule has 16 heavy (non-hydrogen) atoms. The molecule has 1 heterocycles. The van der Waals surface area contributed by atoms with Crippen LogP contribution in [0, 0.1) is 18.3 Å². The van der Waals surface area contributed by atoms with Gasteiger partial charge in [-0.15, -0.1) is 0 Å². The second kappa shape index (κ2) is 5.88. The quantitative estimate of drug-likeness (QED) is 0.792. The molecular formula is C11H17ClN4. The molecule has 0 aromatic carbocycles. The molecule has 1 aromatic rings. The van der Waals surface area contributed by atoms with Gasteiger partial charge in [0.1, 0.15) is 0 Å². The molecule has 0 fully saturated rings. The van der Waals surface area contributed by atoms with E-state index in [-0.39, 0.29) is 0 Å². The maximum atomic E-state index is 8.57. The van der Waals surface area contributed by atoms with Crippen molar-refractivity contribution in [3.05, 3.63) is 16.4 Å². The van der Waals surface area contributed by atoms with E-state index in [9.17, 15) is 0 Å². The third-order valence-corrected chi connectivity index (χ3v) is 3.11. The Morgan fingerprint density at radius 2 is 2.25 bits per heavy atom. The van der Waals surface area contributed by atoms with Gasteiger partial charge in [0.2, 0.25) is 0 Å². The van der Waals surface area contributed by atoms with E-state index >= 15 is 0 Å². The highest BCUT2D eigenvalue weighted by Crippen LogP contribution is 2.20. The number of rotatable bonds is 5. The van der Waals surface area contributed by atoms with Crippen molar-refractivity contribution < 1.29 is 0 Å². The minimum absolute atomic E-state index is 0.544. The first-order valence-corrected chi connectivity index (χ1v) is 5.75. The fraction of sp³-hybridized carbons (Fsp3) is 0.636. The summed E-state index contributed by atoms with van der Waals surface area (Å²) in [5.41, 5.74) is 1.87. The second-order valence-corrected chi connectivity index (χ2v) is 4.12. The SMILES string of the molecule is CCN(CCC#N)Cc1c(Cl)c(C)nn1C. The first kappa shape index (κ1) is 13.0. The van der Waals surface area contributed by atoms with Crippen molar-refractivity contribution in [2.75, 3.05) is 13.1 Å². The number of nitrogens with zero attached hydrogens (tertiary/aromatic N) is 4. The summed E-state index contributed by atoms with van der Waals surface area (Å²) in [6.45, 7) is 6.40. The Bertz CT molecular complexity index is 391. The molecule has 0 bridgehead atoms. The van der Waals surface area contributed by atoms with Gasteiger partial charge in [-0.1, -0.05) is 18.5 Å². The molecule has 1 rings (SSSR count). The van der Waals surface area contributed by atoms with Crippen LogP contribution in [0.2, 0.25) is 5.02 Å². The summed E-state index contributed by atoms with van der Waals surface area (Å²) < 4.78 is 1.81. The van der Waals surface area contributed by atoms with Crippen LogP contribution in [0.15, 0.2) is 0 Å². The predicted octanol–water partition coefficient (Wildman–Crippen LogP) is 2.12. The summed E-state index contributed by atoms with van der Waals surface area (Å²) in [6.07, 6.45) is 0.544. The first-order chi connectivity index (χ1) is 7.60. The molecule has 5 heteroatoms. The van der Waals surface area contributed by atoms with Crippen molar-refractivity contribution >= 4 is 11.6 Å². The number of aromatic nitrogens is 2. The van der Waals surface area contributed by atoms with Crippen molar-refractivity contribution in [2.24, 2.45) is 7.05 Å². The standard InChI is InChI=1S/C11H17ClN4/c1-4-16(7-5-6-13)8-10-11(12)9(2)14-15(10)3/h4-5,7-8H2,1-3H3. The summed E-state index contributed by atoms with van der Waals surface area (Å²) in [5, 5.41) is 13.6. The van der Waals surface area contributed by atoms with E-state index in [0.29, 0.717) is 6.42 Å². The Kier molecular flexibility index (Phi) is 4.78. The number of hydrogen-bond acceptors (Lipinski definition) is 3. The smallest absolute Gasteiger partial charge is 0.0860 e. The third-order valence-electron chi connectivity index (χ3n) is 2.62. The predicted molar refractivity (Wildman–Crippen MR) is 64.1 cm³/mol. The van der Waals surface area contributed by atoms with E-state index in [1.54, 1.807) is 0 Å². The molecule has 0 N–H and O–H groups in total. The average molecular weight is 241 g/mol. The summed E-state index contributed by atoms with van der Waals surface area (Å²) in [6, 6.07) is 2.16. The fourth-order valence-electron chi connectivity index (χ4n) is 1.62. The van der Waals surface area contributed by atoms with Crippen LogP contribution in [0.3, 0.4) is 0 Å². The Hall–Kier alpha value is -1.05. The molecule has 0 saturated heterocycles. The maximum Gasteiger partial charge on any atom is 0.0860 e. The topological polar surface area (TPSA) is 44.9 Å². The monoisotopic (exact) mass is 240 g/mol. The van der Waals surface area contributed by atoms with E-state index < -0.39 is 0 Å². The summed E-state index contributed by atoms with van der Waals surface area (Å²) in [7, 11) is 1.90. The van der Waals surface area contributed by atoms with E-state index in [1.165, 1.54) is 0 Å². The van der Waals surface area contributed by atoms with Gasteiger partial charge in [-0.3, -0.25) is 9.58 Å². The van der Waals surface area contributed by atoms with Crippen LogP contribution in [0.25, 0.3) is 0 Å². The van der Waals surface area contributed by atoms with Crippen LogP contribution in [0.5, 0.6) is 0 Å². The Balaban J connectivity index is 2.74. The lowest BCUT2D eigenvalue weighted by atomic mass is 10.3. The van der Waals surface area contributed by atoms with E-state index in [4.69, 9.17) is 16.9 Å². The fourth-order valence-corrected chi connectivity index (χ4v) is 1.84. The summed E-state index contributed by atoms with van der Waals surface area (Å²) in [4.78, 5) is 2.19. The van der Waals surface area contributed by atoms with E-state index in [2.05, 4.69) is 23.0 Å².